The summed E-state index contributed by atoms with van der Waals surface area (Å²) in [5, 5.41) is 11.0. The summed E-state index contributed by atoms with van der Waals surface area (Å²) in [5.41, 5.74) is 2.92. The van der Waals surface area contributed by atoms with E-state index in [-0.39, 0.29) is 0 Å². The molecule has 0 N–H and O–H groups in total. The number of benzene rings is 3. The number of para-hydroxylation sites is 1. The Hall–Kier alpha value is -2.27. The van der Waals surface area contributed by atoms with Crippen molar-refractivity contribution < 1.29 is 0 Å². The molecule has 4 aromatic rings. The number of hydrogen-bond acceptors (Lipinski definition) is 3. The first-order valence-electron chi connectivity index (χ1n) is 8.36. The van der Waals surface area contributed by atoms with Gasteiger partial charge in [0.15, 0.2) is 11.0 Å². The minimum atomic E-state index is 0.609. The molecule has 134 valence electrons. The first-order chi connectivity index (χ1) is 13.2. The van der Waals surface area contributed by atoms with Crippen molar-refractivity contribution in [2.75, 3.05) is 0 Å². The zero-order valence-corrected chi connectivity index (χ0v) is 16.5. The van der Waals surface area contributed by atoms with Crippen LogP contribution in [0.2, 0.25) is 10.0 Å². The van der Waals surface area contributed by atoms with E-state index in [4.69, 9.17) is 23.2 Å². The van der Waals surface area contributed by atoms with Crippen LogP contribution in [0, 0.1) is 0 Å². The van der Waals surface area contributed by atoms with Gasteiger partial charge < -0.3 is 0 Å². The standard InChI is InChI=1S/C21H15Cl2N3S/c22-18-12-7-13-19(23)17(18)14-27-21-25-24-20(15-8-3-1-4-9-15)26(21)16-10-5-2-6-11-16/h1-13H,14H2. The summed E-state index contributed by atoms with van der Waals surface area (Å²) in [5.74, 6) is 1.41. The van der Waals surface area contributed by atoms with E-state index in [1.54, 1.807) is 11.8 Å². The second-order valence-corrected chi connectivity index (χ2v) is 7.59. The number of aromatic nitrogens is 3. The minimum Gasteiger partial charge on any atom is -0.270 e. The van der Waals surface area contributed by atoms with Gasteiger partial charge >= 0.3 is 0 Å². The molecular weight excluding hydrogens is 397 g/mol. The molecule has 0 aliphatic carbocycles. The molecule has 0 aliphatic rings. The highest BCUT2D eigenvalue weighted by Gasteiger charge is 2.17. The fraction of sp³-hybridized carbons (Fsp3) is 0.0476. The molecule has 1 heterocycles. The predicted octanol–water partition coefficient (Wildman–Crippen LogP) is 6.53. The highest BCUT2D eigenvalue weighted by atomic mass is 35.5. The van der Waals surface area contributed by atoms with E-state index in [0.717, 1.165) is 27.8 Å². The lowest BCUT2D eigenvalue weighted by Gasteiger charge is -2.11. The molecule has 0 saturated heterocycles. The molecule has 6 heteroatoms. The summed E-state index contributed by atoms with van der Waals surface area (Å²) in [4.78, 5) is 0. The lowest BCUT2D eigenvalue weighted by Crippen LogP contribution is -1.99. The van der Waals surface area contributed by atoms with Gasteiger partial charge in [0, 0.05) is 27.0 Å². The van der Waals surface area contributed by atoms with Crippen molar-refractivity contribution in [2.24, 2.45) is 0 Å². The van der Waals surface area contributed by atoms with Crippen molar-refractivity contribution in [2.45, 2.75) is 10.9 Å². The Labute approximate surface area is 172 Å². The molecule has 27 heavy (non-hydrogen) atoms. The van der Waals surface area contributed by atoms with Crippen LogP contribution >= 0.6 is 35.0 Å². The van der Waals surface area contributed by atoms with Crippen LogP contribution in [0.15, 0.2) is 84.0 Å². The van der Waals surface area contributed by atoms with Crippen LogP contribution in [0.3, 0.4) is 0 Å². The summed E-state index contributed by atoms with van der Waals surface area (Å²) >= 11 is 14.2. The summed E-state index contributed by atoms with van der Waals surface area (Å²) < 4.78 is 2.06. The van der Waals surface area contributed by atoms with E-state index in [1.807, 2.05) is 78.9 Å². The van der Waals surface area contributed by atoms with Gasteiger partial charge in [-0.2, -0.15) is 0 Å². The average molecular weight is 412 g/mol. The van der Waals surface area contributed by atoms with Crippen LogP contribution < -0.4 is 0 Å². The van der Waals surface area contributed by atoms with Crippen molar-refractivity contribution in [3.8, 4) is 17.1 Å². The Morgan fingerprint density at radius 3 is 2.04 bits per heavy atom. The topological polar surface area (TPSA) is 30.7 Å². The van der Waals surface area contributed by atoms with Crippen LogP contribution in [0.1, 0.15) is 5.56 Å². The Bertz CT molecular complexity index is 1030. The largest absolute Gasteiger partial charge is 0.270 e. The summed E-state index contributed by atoms with van der Waals surface area (Å²) in [6.07, 6.45) is 0. The van der Waals surface area contributed by atoms with Crippen molar-refractivity contribution in [1.82, 2.24) is 14.8 Å². The molecule has 0 bridgehead atoms. The molecule has 0 spiro atoms. The lowest BCUT2D eigenvalue weighted by molar-refractivity contribution is 0.886. The van der Waals surface area contributed by atoms with Gasteiger partial charge in [0.2, 0.25) is 0 Å². The van der Waals surface area contributed by atoms with Crippen LogP contribution in [0.5, 0.6) is 0 Å². The van der Waals surface area contributed by atoms with E-state index in [1.165, 1.54) is 0 Å². The molecule has 0 unspecified atom stereocenters. The van der Waals surface area contributed by atoms with Crippen molar-refractivity contribution in [1.29, 1.82) is 0 Å². The van der Waals surface area contributed by atoms with Gasteiger partial charge in [0.05, 0.1) is 0 Å². The average Bonchev–Trinajstić information content (AvgIpc) is 3.13. The maximum Gasteiger partial charge on any atom is 0.196 e. The number of hydrogen-bond donors (Lipinski definition) is 0. The maximum absolute atomic E-state index is 6.31. The van der Waals surface area contributed by atoms with Crippen LogP contribution in [-0.2, 0) is 5.75 Å². The van der Waals surface area contributed by atoms with Crippen molar-refractivity contribution in [3.05, 3.63) is 94.5 Å². The molecule has 0 aliphatic heterocycles. The third-order valence-corrected chi connectivity index (χ3v) is 5.75. The smallest absolute Gasteiger partial charge is 0.196 e. The van der Waals surface area contributed by atoms with Crippen molar-refractivity contribution in [3.63, 3.8) is 0 Å². The predicted molar refractivity (Wildman–Crippen MR) is 113 cm³/mol. The number of halogens is 2. The molecule has 4 rings (SSSR count). The molecule has 0 radical (unpaired) electrons. The fourth-order valence-electron chi connectivity index (χ4n) is 2.75. The van der Waals surface area contributed by atoms with Crippen LogP contribution in [-0.4, -0.2) is 14.8 Å². The summed E-state index contributed by atoms with van der Waals surface area (Å²) in [6.45, 7) is 0. The Morgan fingerprint density at radius 2 is 1.37 bits per heavy atom. The first-order valence-corrected chi connectivity index (χ1v) is 10.1. The van der Waals surface area contributed by atoms with Crippen LogP contribution in [0.25, 0.3) is 17.1 Å². The first kappa shape index (κ1) is 18.1. The number of thioether (sulfide) groups is 1. The van der Waals surface area contributed by atoms with Gasteiger partial charge in [-0.1, -0.05) is 89.6 Å². The van der Waals surface area contributed by atoms with Gasteiger partial charge in [0.25, 0.3) is 0 Å². The lowest BCUT2D eigenvalue weighted by atomic mass is 10.2. The van der Waals surface area contributed by atoms with E-state index in [0.29, 0.717) is 15.8 Å². The molecule has 0 fully saturated rings. The van der Waals surface area contributed by atoms with E-state index in [2.05, 4.69) is 14.8 Å². The monoisotopic (exact) mass is 411 g/mol. The zero-order chi connectivity index (χ0) is 18.6. The molecule has 3 nitrogen and oxygen atoms in total. The van der Waals surface area contributed by atoms with E-state index >= 15 is 0 Å². The van der Waals surface area contributed by atoms with Crippen molar-refractivity contribution >= 4 is 35.0 Å². The van der Waals surface area contributed by atoms with Gasteiger partial charge in [-0.05, 0) is 29.8 Å². The second kappa shape index (κ2) is 8.17. The van der Waals surface area contributed by atoms with E-state index in [9.17, 15) is 0 Å². The molecule has 0 atom stereocenters. The molecule has 0 amide bonds. The third kappa shape index (κ3) is 3.88. The zero-order valence-electron chi connectivity index (χ0n) is 14.2. The second-order valence-electron chi connectivity index (χ2n) is 5.83. The highest BCUT2D eigenvalue weighted by Crippen LogP contribution is 2.33. The van der Waals surface area contributed by atoms with Gasteiger partial charge in [-0.3, -0.25) is 4.57 Å². The normalized spacial score (nSPS) is 10.9. The SMILES string of the molecule is Clc1cccc(Cl)c1CSc1nnc(-c2ccccc2)n1-c1ccccc1. The van der Waals surface area contributed by atoms with Gasteiger partial charge in [0.1, 0.15) is 0 Å². The Kier molecular flexibility index (Phi) is 5.48. The third-order valence-electron chi connectivity index (χ3n) is 4.09. The quantitative estimate of drug-likeness (QED) is 0.349. The molecular formula is C21H15Cl2N3S. The molecule has 0 saturated carbocycles. The fourth-order valence-corrected chi connectivity index (χ4v) is 4.45. The van der Waals surface area contributed by atoms with Gasteiger partial charge in [-0.25, -0.2) is 0 Å². The summed E-state index contributed by atoms with van der Waals surface area (Å²) in [6, 6.07) is 25.7. The Morgan fingerprint density at radius 1 is 0.741 bits per heavy atom. The molecule has 3 aromatic carbocycles. The van der Waals surface area contributed by atoms with Crippen LogP contribution in [0.4, 0.5) is 0 Å². The Balaban J connectivity index is 1.74. The highest BCUT2D eigenvalue weighted by molar-refractivity contribution is 7.98. The maximum atomic E-state index is 6.31. The number of nitrogens with zero attached hydrogens (tertiary/aromatic N) is 3. The minimum absolute atomic E-state index is 0.609. The van der Waals surface area contributed by atoms with Gasteiger partial charge in [-0.15, -0.1) is 10.2 Å². The molecule has 1 aromatic heterocycles. The number of rotatable bonds is 5. The summed E-state index contributed by atoms with van der Waals surface area (Å²) in [7, 11) is 0. The van der Waals surface area contributed by atoms with E-state index < -0.39 is 0 Å².